The number of rotatable bonds is 5. The summed E-state index contributed by atoms with van der Waals surface area (Å²) in [4.78, 5) is 17.4. The topological polar surface area (TPSA) is 77.2 Å². The standard InChI is InChI=1S/C20H21N3O3/c1-11-10-16(17-12(2)23-26-20(17)21-11)19(24)22-18(13-4-5-13)14-6-8-15(25-3)9-7-14/h6-10,13,18H,4-5H2,1-3H3,(H,22,24). The van der Waals surface area contributed by atoms with Crippen molar-refractivity contribution in [2.75, 3.05) is 7.11 Å². The Morgan fingerprint density at radius 3 is 2.65 bits per heavy atom. The van der Waals surface area contributed by atoms with Gasteiger partial charge in [-0.15, -0.1) is 0 Å². The largest absolute Gasteiger partial charge is 0.497 e. The van der Waals surface area contributed by atoms with Gasteiger partial charge >= 0.3 is 0 Å². The highest BCUT2D eigenvalue weighted by atomic mass is 16.5. The van der Waals surface area contributed by atoms with E-state index in [1.165, 1.54) is 0 Å². The first-order chi connectivity index (χ1) is 12.6. The van der Waals surface area contributed by atoms with Crippen LogP contribution >= 0.6 is 0 Å². The van der Waals surface area contributed by atoms with Crippen molar-refractivity contribution in [2.24, 2.45) is 5.92 Å². The van der Waals surface area contributed by atoms with Crippen LogP contribution in [-0.2, 0) is 0 Å². The van der Waals surface area contributed by atoms with Crippen molar-refractivity contribution in [1.29, 1.82) is 0 Å². The Hall–Kier alpha value is -2.89. The molecule has 0 spiro atoms. The van der Waals surface area contributed by atoms with Crippen LogP contribution in [0.15, 0.2) is 34.9 Å². The lowest BCUT2D eigenvalue weighted by Crippen LogP contribution is -2.30. The molecule has 2 heterocycles. The van der Waals surface area contributed by atoms with Gasteiger partial charge in [0.25, 0.3) is 11.6 Å². The Labute approximate surface area is 151 Å². The zero-order valence-electron chi connectivity index (χ0n) is 15.1. The SMILES string of the molecule is COc1ccc(C(NC(=O)c2cc(C)nc3onc(C)c23)C2CC2)cc1. The molecule has 2 aromatic heterocycles. The van der Waals surface area contributed by atoms with Crippen molar-refractivity contribution >= 4 is 17.0 Å². The number of fused-ring (bicyclic) bond motifs is 1. The molecule has 1 atom stereocenters. The van der Waals surface area contributed by atoms with Crippen LogP contribution in [0, 0.1) is 19.8 Å². The Morgan fingerprint density at radius 2 is 2.00 bits per heavy atom. The summed E-state index contributed by atoms with van der Waals surface area (Å²) in [5.74, 6) is 1.15. The highest BCUT2D eigenvalue weighted by Crippen LogP contribution is 2.41. The van der Waals surface area contributed by atoms with Crippen molar-refractivity contribution in [2.45, 2.75) is 32.7 Å². The molecule has 26 heavy (non-hydrogen) atoms. The lowest BCUT2D eigenvalue weighted by Gasteiger charge is -2.19. The summed E-state index contributed by atoms with van der Waals surface area (Å²) in [5.41, 5.74) is 3.45. The number of aromatic nitrogens is 2. The number of carbonyl (C=O) groups excluding carboxylic acids is 1. The molecule has 1 aliphatic carbocycles. The van der Waals surface area contributed by atoms with Crippen LogP contribution in [0.4, 0.5) is 0 Å². The lowest BCUT2D eigenvalue weighted by molar-refractivity contribution is 0.0933. The first-order valence-electron chi connectivity index (χ1n) is 8.75. The molecule has 1 amide bonds. The van der Waals surface area contributed by atoms with Gasteiger partial charge in [0.2, 0.25) is 0 Å². The van der Waals surface area contributed by atoms with Crippen LogP contribution < -0.4 is 10.1 Å². The van der Waals surface area contributed by atoms with Gasteiger partial charge in [0, 0.05) is 5.69 Å². The molecule has 1 N–H and O–H groups in total. The fourth-order valence-corrected chi connectivity index (χ4v) is 3.33. The average Bonchev–Trinajstić information content (AvgIpc) is 3.42. The first-order valence-corrected chi connectivity index (χ1v) is 8.75. The highest BCUT2D eigenvalue weighted by Gasteiger charge is 2.34. The lowest BCUT2D eigenvalue weighted by atomic mass is 10.0. The fraction of sp³-hybridized carbons (Fsp3) is 0.350. The van der Waals surface area contributed by atoms with Crippen molar-refractivity contribution in [3.8, 4) is 5.75 Å². The molecule has 1 unspecified atom stereocenters. The molecule has 1 aromatic carbocycles. The molecule has 1 aliphatic rings. The van der Waals surface area contributed by atoms with Crippen molar-refractivity contribution in [1.82, 2.24) is 15.5 Å². The van der Waals surface area contributed by atoms with Crippen molar-refractivity contribution in [3.05, 3.63) is 52.8 Å². The summed E-state index contributed by atoms with van der Waals surface area (Å²) < 4.78 is 10.5. The second kappa shape index (κ2) is 6.44. The fourth-order valence-electron chi connectivity index (χ4n) is 3.33. The predicted octanol–water partition coefficient (Wildman–Crippen LogP) is 3.73. The number of nitrogens with zero attached hydrogens (tertiary/aromatic N) is 2. The van der Waals surface area contributed by atoms with E-state index in [-0.39, 0.29) is 11.9 Å². The highest BCUT2D eigenvalue weighted by molar-refractivity contribution is 6.06. The van der Waals surface area contributed by atoms with E-state index in [1.807, 2.05) is 38.1 Å². The molecule has 4 rings (SSSR count). The van der Waals surface area contributed by atoms with Gasteiger partial charge in [-0.3, -0.25) is 4.79 Å². The van der Waals surface area contributed by atoms with E-state index in [2.05, 4.69) is 15.5 Å². The van der Waals surface area contributed by atoms with Gasteiger partial charge in [0.05, 0.1) is 29.8 Å². The molecule has 6 nitrogen and oxygen atoms in total. The number of pyridine rings is 1. The van der Waals surface area contributed by atoms with E-state index in [4.69, 9.17) is 9.26 Å². The second-order valence-corrected chi connectivity index (χ2v) is 6.82. The van der Waals surface area contributed by atoms with Crippen LogP contribution in [0.3, 0.4) is 0 Å². The summed E-state index contributed by atoms with van der Waals surface area (Å²) in [6.45, 7) is 3.66. The Bertz CT molecular complexity index is 958. The van der Waals surface area contributed by atoms with Gasteiger partial charge in [0.15, 0.2) is 0 Å². The van der Waals surface area contributed by atoms with Gasteiger partial charge < -0.3 is 14.6 Å². The Balaban J connectivity index is 1.66. The maximum atomic E-state index is 13.1. The van der Waals surface area contributed by atoms with E-state index in [0.717, 1.165) is 29.8 Å². The number of hydrogen-bond donors (Lipinski definition) is 1. The van der Waals surface area contributed by atoms with Crippen molar-refractivity contribution < 1.29 is 14.1 Å². The van der Waals surface area contributed by atoms with Crippen LogP contribution in [0.5, 0.6) is 5.75 Å². The molecule has 3 aromatic rings. The quantitative estimate of drug-likeness (QED) is 0.758. The number of benzene rings is 1. The smallest absolute Gasteiger partial charge is 0.258 e. The molecule has 1 saturated carbocycles. The number of aryl methyl sites for hydroxylation is 2. The third-order valence-corrected chi connectivity index (χ3v) is 4.84. The van der Waals surface area contributed by atoms with Gasteiger partial charge in [-0.25, -0.2) is 4.98 Å². The third-order valence-electron chi connectivity index (χ3n) is 4.84. The van der Waals surface area contributed by atoms with Crippen LogP contribution in [0.2, 0.25) is 0 Å². The number of nitrogens with one attached hydrogen (secondary N) is 1. The van der Waals surface area contributed by atoms with E-state index in [9.17, 15) is 4.79 Å². The van der Waals surface area contributed by atoms with Crippen LogP contribution in [0.1, 0.15) is 46.2 Å². The van der Waals surface area contributed by atoms with Gasteiger partial charge in [-0.05, 0) is 56.4 Å². The van der Waals surface area contributed by atoms with Crippen molar-refractivity contribution in [3.63, 3.8) is 0 Å². The van der Waals surface area contributed by atoms with Gasteiger partial charge in [-0.1, -0.05) is 17.3 Å². The summed E-state index contributed by atoms with van der Waals surface area (Å²) in [6.07, 6.45) is 2.24. The van der Waals surface area contributed by atoms with Gasteiger partial charge in [-0.2, -0.15) is 0 Å². The minimum absolute atomic E-state index is 0.0166. The number of carbonyl (C=O) groups is 1. The molecular formula is C20H21N3O3. The molecular weight excluding hydrogens is 330 g/mol. The van der Waals surface area contributed by atoms with Crippen LogP contribution in [-0.4, -0.2) is 23.2 Å². The Kier molecular flexibility index (Phi) is 4.11. The molecule has 0 saturated heterocycles. The van der Waals surface area contributed by atoms with Gasteiger partial charge in [0.1, 0.15) is 5.75 Å². The minimum atomic E-state index is -0.125. The van der Waals surface area contributed by atoms with Crippen LogP contribution in [0.25, 0.3) is 11.1 Å². The summed E-state index contributed by atoms with van der Waals surface area (Å²) >= 11 is 0. The number of methoxy groups -OCH3 is 1. The molecule has 0 radical (unpaired) electrons. The molecule has 1 fully saturated rings. The zero-order chi connectivity index (χ0) is 18.3. The number of amides is 1. The third kappa shape index (κ3) is 3.03. The summed E-state index contributed by atoms with van der Waals surface area (Å²) in [7, 11) is 1.65. The monoisotopic (exact) mass is 351 g/mol. The van der Waals surface area contributed by atoms with E-state index in [0.29, 0.717) is 28.3 Å². The first kappa shape index (κ1) is 16.6. The Morgan fingerprint density at radius 1 is 1.27 bits per heavy atom. The number of ether oxygens (including phenoxy) is 1. The molecule has 134 valence electrons. The molecule has 0 aliphatic heterocycles. The molecule has 6 heteroatoms. The van der Waals surface area contributed by atoms with E-state index >= 15 is 0 Å². The maximum Gasteiger partial charge on any atom is 0.258 e. The zero-order valence-corrected chi connectivity index (χ0v) is 15.1. The van der Waals surface area contributed by atoms with E-state index < -0.39 is 0 Å². The summed E-state index contributed by atoms with van der Waals surface area (Å²) in [6, 6.07) is 9.66. The van der Waals surface area contributed by atoms with E-state index in [1.54, 1.807) is 13.2 Å². The average molecular weight is 351 g/mol. The second-order valence-electron chi connectivity index (χ2n) is 6.82. The summed E-state index contributed by atoms with van der Waals surface area (Å²) in [5, 5.41) is 7.84. The number of hydrogen-bond acceptors (Lipinski definition) is 5. The normalized spacial score (nSPS) is 15.0. The maximum absolute atomic E-state index is 13.1. The molecule has 0 bridgehead atoms. The minimum Gasteiger partial charge on any atom is -0.497 e. The predicted molar refractivity (Wildman–Crippen MR) is 97.2 cm³/mol.